The number of anilines is 1. The van der Waals surface area contributed by atoms with E-state index in [9.17, 15) is 4.79 Å². The molecule has 1 aliphatic heterocycles. The smallest absolute Gasteiger partial charge is 0.255 e. The van der Waals surface area contributed by atoms with E-state index < -0.39 is 0 Å². The van der Waals surface area contributed by atoms with E-state index in [1.54, 1.807) is 17.2 Å². The molecule has 6 nitrogen and oxygen atoms in total. The SMILES string of the molecule is CCOC1CC(Nc2ncc(C(=O)N3CCOCC3)cc2Cl)C12CCC2. The lowest BCUT2D eigenvalue weighted by molar-refractivity contribution is -0.157. The second-order valence-corrected chi connectivity index (χ2v) is 7.83. The Kier molecular flexibility index (Phi) is 5.08. The molecule has 1 saturated heterocycles. The number of amides is 1. The number of carbonyl (C=O) groups is 1. The van der Waals surface area contributed by atoms with E-state index in [-0.39, 0.29) is 11.3 Å². The maximum Gasteiger partial charge on any atom is 0.255 e. The predicted octanol–water partition coefficient (Wildman–Crippen LogP) is 2.97. The van der Waals surface area contributed by atoms with Crippen LogP contribution < -0.4 is 5.32 Å². The standard InChI is InChI=1S/C19H26ClN3O3/c1-2-26-16-11-15(19(16)4-3-5-19)22-17-14(20)10-13(12-21-17)18(24)23-6-8-25-9-7-23/h10,12,15-16H,2-9,11H2,1H3,(H,21,22). The van der Waals surface area contributed by atoms with Crippen LogP contribution in [0.4, 0.5) is 5.82 Å². The van der Waals surface area contributed by atoms with Gasteiger partial charge in [-0.2, -0.15) is 0 Å². The normalized spacial score (nSPS) is 26.9. The summed E-state index contributed by atoms with van der Waals surface area (Å²) >= 11 is 6.44. The van der Waals surface area contributed by atoms with Crippen LogP contribution in [0, 0.1) is 5.41 Å². The molecule has 7 heteroatoms. The van der Waals surface area contributed by atoms with Crippen molar-refractivity contribution in [1.29, 1.82) is 0 Å². The van der Waals surface area contributed by atoms with Crippen molar-refractivity contribution in [3.05, 3.63) is 22.8 Å². The molecule has 1 spiro atoms. The Labute approximate surface area is 159 Å². The van der Waals surface area contributed by atoms with Crippen molar-refractivity contribution < 1.29 is 14.3 Å². The minimum atomic E-state index is -0.0373. The second-order valence-electron chi connectivity index (χ2n) is 7.42. The number of hydrogen-bond donors (Lipinski definition) is 1. The molecule has 1 amide bonds. The molecule has 0 bridgehead atoms. The lowest BCUT2D eigenvalue weighted by Gasteiger charge is -2.61. The van der Waals surface area contributed by atoms with Gasteiger partial charge in [0, 0.05) is 37.4 Å². The maximum atomic E-state index is 12.6. The molecule has 0 radical (unpaired) electrons. The first kappa shape index (κ1) is 18.0. The predicted molar refractivity (Wildman–Crippen MR) is 99.7 cm³/mol. The van der Waals surface area contributed by atoms with Gasteiger partial charge in [0.05, 0.1) is 29.9 Å². The number of nitrogens with one attached hydrogen (secondary N) is 1. The van der Waals surface area contributed by atoms with Crippen LogP contribution in [0.1, 0.15) is 43.0 Å². The fourth-order valence-corrected chi connectivity index (χ4v) is 4.64. The third kappa shape index (κ3) is 3.08. The molecule has 3 aliphatic rings. The first-order valence-electron chi connectivity index (χ1n) is 9.55. The van der Waals surface area contributed by atoms with Crippen LogP contribution in [0.3, 0.4) is 0 Å². The van der Waals surface area contributed by atoms with Crippen LogP contribution in [0.5, 0.6) is 0 Å². The summed E-state index contributed by atoms with van der Waals surface area (Å²) in [4.78, 5) is 18.8. The molecule has 26 heavy (non-hydrogen) atoms. The van der Waals surface area contributed by atoms with Crippen LogP contribution in [0.15, 0.2) is 12.3 Å². The Morgan fingerprint density at radius 3 is 2.85 bits per heavy atom. The van der Waals surface area contributed by atoms with Crippen LogP contribution in [-0.2, 0) is 9.47 Å². The molecule has 142 valence electrons. The zero-order valence-electron chi connectivity index (χ0n) is 15.2. The summed E-state index contributed by atoms with van der Waals surface area (Å²) in [5.74, 6) is 0.626. The van der Waals surface area contributed by atoms with Gasteiger partial charge in [-0.3, -0.25) is 4.79 Å². The molecule has 2 atom stereocenters. The highest BCUT2D eigenvalue weighted by atomic mass is 35.5. The van der Waals surface area contributed by atoms with Gasteiger partial charge in [-0.25, -0.2) is 4.98 Å². The van der Waals surface area contributed by atoms with Gasteiger partial charge in [-0.1, -0.05) is 18.0 Å². The first-order valence-corrected chi connectivity index (χ1v) is 9.92. The van der Waals surface area contributed by atoms with Crippen molar-refractivity contribution in [3.63, 3.8) is 0 Å². The molecule has 1 N–H and O–H groups in total. The molecule has 4 rings (SSSR count). The summed E-state index contributed by atoms with van der Waals surface area (Å²) in [6.07, 6.45) is 6.61. The van der Waals surface area contributed by atoms with Crippen molar-refractivity contribution >= 4 is 23.3 Å². The summed E-state index contributed by atoms with van der Waals surface area (Å²) in [5.41, 5.74) is 0.769. The average Bonchev–Trinajstić information content (AvgIpc) is 2.60. The first-order chi connectivity index (χ1) is 12.6. The lowest BCUT2D eigenvalue weighted by Crippen LogP contribution is -2.64. The maximum absolute atomic E-state index is 12.6. The number of hydrogen-bond acceptors (Lipinski definition) is 5. The Hall–Kier alpha value is -1.37. The van der Waals surface area contributed by atoms with E-state index >= 15 is 0 Å². The number of aromatic nitrogens is 1. The zero-order chi connectivity index (χ0) is 18.1. The van der Waals surface area contributed by atoms with Gasteiger partial charge >= 0.3 is 0 Å². The molecule has 2 saturated carbocycles. The summed E-state index contributed by atoms with van der Waals surface area (Å²) in [5, 5.41) is 4.00. The number of pyridine rings is 1. The average molecular weight is 380 g/mol. The van der Waals surface area contributed by atoms with Crippen LogP contribution in [-0.4, -0.2) is 60.8 Å². The molecule has 2 aliphatic carbocycles. The third-order valence-electron chi connectivity index (χ3n) is 6.13. The van der Waals surface area contributed by atoms with E-state index in [1.165, 1.54) is 19.3 Å². The molecule has 3 fully saturated rings. The fraction of sp³-hybridized carbons (Fsp3) is 0.684. The summed E-state index contributed by atoms with van der Waals surface area (Å²) in [6, 6.07) is 2.07. The molecule has 2 heterocycles. The minimum Gasteiger partial charge on any atom is -0.378 e. The number of halogens is 1. The van der Waals surface area contributed by atoms with Crippen molar-refractivity contribution in [2.24, 2.45) is 5.41 Å². The molecule has 1 aromatic heterocycles. The van der Waals surface area contributed by atoms with Gasteiger partial charge in [0.1, 0.15) is 5.82 Å². The quantitative estimate of drug-likeness (QED) is 0.852. The molecule has 2 unspecified atom stereocenters. The van der Waals surface area contributed by atoms with Crippen molar-refractivity contribution in [3.8, 4) is 0 Å². The molecular weight excluding hydrogens is 354 g/mol. The van der Waals surface area contributed by atoms with E-state index in [1.807, 2.05) is 0 Å². The number of nitrogens with zero attached hydrogens (tertiary/aromatic N) is 2. The third-order valence-corrected chi connectivity index (χ3v) is 6.42. The summed E-state index contributed by atoms with van der Waals surface area (Å²) < 4.78 is 11.2. The monoisotopic (exact) mass is 379 g/mol. The van der Waals surface area contributed by atoms with Crippen LogP contribution in [0.2, 0.25) is 5.02 Å². The fourth-order valence-electron chi connectivity index (χ4n) is 4.42. The van der Waals surface area contributed by atoms with Crippen molar-refractivity contribution in [2.75, 3.05) is 38.2 Å². The highest BCUT2D eigenvalue weighted by Gasteiger charge is 2.59. The van der Waals surface area contributed by atoms with Crippen molar-refractivity contribution in [1.82, 2.24) is 9.88 Å². The van der Waals surface area contributed by atoms with Gasteiger partial charge in [0.25, 0.3) is 5.91 Å². The van der Waals surface area contributed by atoms with E-state index in [0.717, 1.165) is 13.0 Å². The summed E-state index contributed by atoms with van der Waals surface area (Å²) in [6.45, 7) is 5.20. The minimum absolute atomic E-state index is 0.0373. The molecule has 1 aromatic rings. The zero-order valence-corrected chi connectivity index (χ0v) is 15.9. The Morgan fingerprint density at radius 2 is 2.23 bits per heavy atom. The molecular formula is C19H26ClN3O3. The van der Waals surface area contributed by atoms with E-state index in [0.29, 0.717) is 54.9 Å². The summed E-state index contributed by atoms with van der Waals surface area (Å²) in [7, 11) is 0. The van der Waals surface area contributed by atoms with Gasteiger partial charge in [0.15, 0.2) is 0 Å². The largest absolute Gasteiger partial charge is 0.378 e. The highest BCUT2D eigenvalue weighted by molar-refractivity contribution is 6.33. The second kappa shape index (κ2) is 7.33. The Bertz CT molecular complexity index is 674. The van der Waals surface area contributed by atoms with E-state index in [4.69, 9.17) is 21.1 Å². The highest BCUT2D eigenvalue weighted by Crippen LogP contribution is 2.58. The van der Waals surface area contributed by atoms with Gasteiger partial charge in [0.2, 0.25) is 0 Å². The van der Waals surface area contributed by atoms with Crippen LogP contribution in [0.25, 0.3) is 0 Å². The Morgan fingerprint density at radius 1 is 1.46 bits per heavy atom. The Balaban J connectivity index is 1.43. The number of rotatable bonds is 5. The topological polar surface area (TPSA) is 63.7 Å². The van der Waals surface area contributed by atoms with Gasteiger partial charge in [-0.05, 0) is 32.3 Å². The van der Waals surface area contributed by atoms with Crippen molar-refractivity contribution in [2.45, 2.75) is 44.8 Å². The van der Waals surface area contributed by atoms with E-state index in [2.05, 4.69) is 17.2 Å². The number of carbonyl (C=O) groups excluding carboxylic acids is 1. The van der Waals surface area contributed by atoms with Gasteiger partial charge < -0.3 is 19.7 Å². The number of ether oxygens (including phenoxy) is 2. The van der Waals surface area contributed by atoms with Crippen LogP contribution >= 0.6 is 11.6 Å². The van der Waals surface area contributed by atoms with Gasteiger partial charge in [-0.15, -0.1) is 0 Å². The molecule has 0 aromatic carbocycles. The lowest BCUT2D eigenvalue weighted by atomic mass is 9.51. The number of morpholine rings is 1.